The number of aromatic amines is 1. The van der Waals surface area contributed by atoms with Crippen LogP contribution in [0.5, 0.6) is 0 Å². The van der Waals surface area contributed by atoms with Gasteiger partial charge in [0.2, 0.25) is 0 Å². The minimum atomic E-state index is 0.0696. The normalized spacial score (nSPS) is 20.6. The number of carbonyl (C=O) groups excluding carboxylic acids is 1. The van der Waals surface area contributed by atoms with Gasteiger partial charge in [0.05, 0.1) is 6.20 Å². The second-order valence-corrected chi connectivity index (χ2v) is 7.45. The molecule has 2 aliphatic rings. The molecule has 0 saturated heterocycles. The van der Waals surface area contributed by atoms with Crippen LogP contribution in [-0.2, 0) is 19.4 Å². The highest BCUT2D eigenvalue weighted by molar-refractivity contribution is 5.75. The van der Waals surface area contributed by atoms with Gasteiger partial charge in [-0.3, -0.25) is 5.10 Å². The maximum atomic E-state index is 13.0. The summed E-state index contributed by atoms with van der Waals surface area (Å²) in [5.74, 6) is 0.654. The van der Waals surface area contributed by atoms with E-state index in [1.807, 2.05) is 29.3 Å². The standard InChI is InChI=1S/C20H26N4O/c1-14(16-7-8-16)24(13-15-5-3-2-4-6-15)20(25)22-18-9-10-19-17(11-18)12-21-23-19/h2-6,12,14,16,18H,7-11,13H2,1H3,(H,21,23)(H,22,25)/t14-,18+/m1/s1. The molecule has 2 N–H and O–H groups in total. The number of nitrogens with one attached hydrogen (secondary N) is 2. The van der Waals surface area contributed by atoms with Crippen LogP contribution in [0.4, 0.5) is 4.79 Å². The van der Waals surface area contributed by atoms with E-state index in [2.05, 4.69) is 34.6 Å². The summed E-state index contributed by atoms with van der Waals surface area (Å²) in [6.07, 6.45) is 7.16. The molecule has 1 aromatic heterocycles. The van der Waals surface area contributed by atoms with E-state index in [9.17, 15) is 4.79 Å². The number of rotatable bonds is 5. The number of amides is 2. The lowest BCUT2D eigenvalue weighted by atomic mass is 9.94. The Morgan fingerprint density at radius 1 is 1.32 bits per heavy atom. The van der Waals surface area contributed by atoms with Gasteiger partial charge in [0.25, 0.3) is 0 Å². The van der Waals surface area contributed by atoms with Crippen molar-refractivity contribution in [2.75, 3.05) is 0 Å². The molecule has 1 fully saturated rings. The third-order valence-electron chi connectivity index (χ3n) is 5.60. The molecule has 25 heavy (non-hydrogen) atoms. The summed E-state index contributed by atoms with van der Waals surface area (Å²) in [5, 5.41) is 10.5. The maximum absolute atomic E-state index is 13.0. The lowest BCUT2D eigenvalue weighted by Crippen LogP contribution is -2.50. The summed E-state index contributed by atoms with van der Waals surface area (Å²) in [5.41, 5.74) is 3.64. The second kappa shape index (κ2) is 6.90. The lowest BCUT2D eigenvalue weighted by molar-refractivity contribution is 0.162. The van der Waals surface area contributed by atoms with Gasteiger partial charge in [-0.2, -0.15) is 5.10 Å². The fraction of sp³-hybridized carbons (Fsp3) is 0.500. The van der Waals surface area contributed by atoms with E-state index >= 15 is 0 Å². The van der Waals surface area contributed by atoms with Crippen LogP contribution in [0.1, 0.15) is 43.0 Å². The van der Waals surface area contributed by atoms with Crippen molar-refractivity contribution in [1.82, 2.24) is 20.4 Å². The highest BCUT2D eigenvalue weighted by Gasteiger charge is 2.35. The Balaban J connectivity index is 1.44. The second-order valence-electron chi connectivity index (χ2n) is 7.45. The number of hydrogen-bond acceptors (Lipinski definition) is 2. The van der Waals surface area contributed by atoms with E-state index in [1.165, 1.54) is 29.7 Å². The van der Waals surface area contributed by atoms with Crippen LogP contribution < -0.4 is 5.32 Å². The molecule has 5 nitrogen and oxygen atoms in total. The molecule has 1 aromatic carbocycles. The highest BCUT2D eigenvalue weighted by atomic mass is 16.2. The molecular weight excluding hydrogens is 312 g/mol. The Bertz CT molecular complexity index is 722. The van der Waals surface area contributed by atoms with Gasteiger partial charge in [0, 0.05) is 24.3 Å². The number of benzene rings is 1. The van der Waals surface area contributed by atoms with E-state index in [1.54, 1.807) is 0 Å². The van der Waals surface area contributed by atoms with Crippen LogP contribution in [0, 0.1) is 5.92 Å². The molecule has 0 unspecified atom stereocenters. The summed E-state index contributed by atoms with van der Waals surface area (Å²) < 4.78 is 0. The van der Waals surface area contributed by atoms with Crippen molar-refractivity contribution in [2.45, 2.75) is 57.7 Å². The summed E-state index contributed by atoms with van der Waals surface area (Å²) in [6, 6.07) is 10.8. The van der Waals surface area contributed by atoms with Crippen LogP contribution in [0.15, 0.2) is 36.5 Å². The van der Waals surface area contributed by atoms with Crippen molar-refractivity contribution < 1.29 is 4.79 Å². The molecule has 2 aliphatic carbocycles. The molecule has 132 valence electrons. The minimum absolute atomic E-state index is 0.0696. The summed E-state index contributed by atoms with van der Waals surface area (Å²) in [4.78, 5) is 15.1. The summed E-state index contributed by atoms with van der Waals surface area (Å²) >= 11 is 0. The van der Waals surface area contributed by atoms with Crippen molar-refractivity contribution in [3.63, 3.8) is 0 Å². The number of hydrogen-bond donors (Lipinski definition) is 2. The monoisotopic (exact) mass is 338 g/mol. The number of aryl methyl sites for hydroxylation is 1. The van der Waals surface area contributed by atoms with Gasteiger partial charge < -0.3 is 10.2 Å². The van der Waals surface area contributed by atoms with Gasteiger partial charge in [-0.05, 0) is 56.1 Å². The molecule has 0 radical (unpaired) electrons. The van der Waals surface area contributed by atoms with Gasteiger partial charge in [0.15, 0.2) is 0 Å². The van der Waals surface area contributed by atoms with Crippen molar-refractivity contribution >= 4 is 6.03 Å². The Hall–Kier alpha value is -2.30. The fourth-order valence-corrected chi connectivity index (χ4v) is 3.81. The van der Waals surface area contributed by atoms with Gasteiger partial charge in [-0.1, -0.05) is 30.3 Å². The number of H-pyrrole nitrogens is 1. The quantitative estimate of drug-likeness (QED) is 0.879. The van der Waals surface area contributed by atoms with Gasteiger partial charge >= 0.3 is 6.03 Å². The SMILES string of the molecule is C[C@H](C1CC1)N(Cc1ccccc1)C(=O)N[C@H]1CCc2[nH]ncc2C1. The Morgan fingerprint density at radius 3 is 2.88 bits per heavy atom. The molecule has 0 bridgehead atoms. The highest BCUT2D eigenvalue weighted by Crippen LogP contribution is 2.35. The number of nitrogens with zero attached hydrogens (tertiary/aromatic N) is 2. The first-order valence-electron chi connectivity index (χ1n) is 9.33. The molecule has 0 spiro atoms. The van der Waals surface area contributed by atoms with Crippen molar-refractivity contribution in [1.29, 1.82) is 0 Å². The zero-order valence-electron chi connectivity index (χ0n) is 14.7. The third-order valence-corrected chi connectivity index (χ3v) is 5.60. The Morgan fingerprint density at radius 2 is 2.12 bits per heavy atom. The predicted octanol–water partition coefficient (Wildman–Crippen LogP) is 3.28. The zero-order valence-corrected chi connectivity index (χ0v) is 14.7. The van der Waals surface area contributed by atoms with Gasteiger partial charge in [-0.25, -0.2) is 4.79 Å². The summed E-state index contributed by atoms with van der Waals surface area (Å²) in [6.45, 7) is 2.86. The topological polar surface area (TPSA) is 61.0 Å². The van der Waals surface area contributed by atoms with Crippen LogP contribution in [-0.4, -0.2) is 33.2 Å². The van der Waals surface area contributed by atoms with Crippen LogP contribution >= 0.6 is 0 Å². The molecule has 2 amide bonds. The fourth-order valence-electron chi connectivity index (χ4n) is 3.81. The first kappa shape index (κ1) is 16.2. The van der Waals surface area contributed by atoms with Crippen molar-refractivity contribution in [2.24, 2.45) is 5.92 Å². The number of carbonyl (C=O) groups is 1. The van der Waals surface area contributed by atoms with Crippen molar-refractivity contribution in [3.05, 3.63) is 53.3 Å². The number of urea groups is 1. The third kappa shape index (κ3) is 3.70. The smallest absolute Gasteiger partial charge is 0.318 e. The van der Waals surface area contributed by atoms with E-state index < -0.39 is 0 Å². The number of aromatic nitrogens is 2. The molecule has 2 aromatic rings. The van der Waals surface area contributed by atoms with E-state index in [0.29, 0.717) is 12.5 Å². The summed E-state index contributed by atoms with van der Waals surface area (Å²) in [7, 11) is 0. The largest absolute Gasteiger partial charge is 0.335 e. The minimum Gasteiger partial charge on any atom is -0.335 e. The average molecular weight is 338 g/mol. The van der Waals surface area contributed by atoms with Crippen LogP contribution in [0.25, 0.3) is 0 Å². The van der Waals surface area contributed by atoms with Crippen LogP contribution in [0.2, 0.25) is 0 Å². The first-order chi connectivity index (χ1) is 12.2. The maximum Gasteiger partial charge on any atom is 0.318 e. The molecule has 1 heterocycles. The van der Waals surface area contributed by atoms with E-state index in [0.717, 1.165) is 19.3 Å². The molecule has 0 aliphatic heterocycles. The Labute approximate surface area is 148 Å². The van der Waals surface area contributed by atoms with Crippen LogP contribution in [0.3, 0.4) is 0 Å². The lowest BCUT2D eigenvalue weighted by Gasteiger charge is -2.32. The van der Waals surface area contributed by atoms with Crippen molar-refractivity contribution in [3.8, 4) is 0 Å². The number of fused-ring (bicyclic) bond motifs is 1. The first-order valence-corrected chi connectivity index (χ1v) is 9.33. The predicted molar refractivity (Wildman–Crippen MR) is 97.1 cm³/mol. The molecule has 4 rings (SSSR count). The average Bonchev–Trinajstić information content (AvgIpc) is 3.38. The molecule has 2 atom stereocenters. The van der Waals surface area contributed by atoms with E-state index in [-0.39, 0.29) is 18.1 Å². The zero-order chi connectivity index (χ0) is 17.2. The Kier molecular flexibility index (Phi) is 4.47. The van der Waals surface area contributed by atoms with E-state index in [4.69, 9.17) is 0 Å². The molecule has 1 saturated carbocycles. The molecular formula is C20H26N4O. The van der Waals surface area contributed by atoms with Gasteiger partial charge in [0.1, 0.15) is 0 Å². The van der Waals surface area contributed by atoms with Gasteiger partial charge in [-0.15, -0.1) is 0 Å². The molecule has 5 heteroatoms.